The van der Waals surface area contributed by atoms with E-state index in [1.54, 1.807) is 11.3 Å². The van der Waals surface area contributed by atoms with E-state index in [0.29, 0.717) is 0 Å². The Bertz CT molecular complexity index is 289. The molecule has 0 atom stereocenters. The normalized spacial score (nSPS) is 10.9. The molecule has 0 aliphatic rings. The van der Waals surface area contributed by atoms with Gasteiger partial charge in [-0.3, -0.25) is 0 Å². The number of nitrogens with one attached hydrogen (secondary N) is 1. The Morgan fingerprint density at radius 1 is 1.29 bits per heavy atom. The maximum Gasteiger partial charge on any atom is 0.0797 e. The van der Waals surface area contributed by atoms with Crippen LogP contribution < -0.4 is 5.32 Å². The van der Waals surface area contributed by atoms with Gasteiger partial charge in [0.15, 0.2) is 0 Å². The van der Waals surface area contributed by atoms with Crippen LogP contribution >= 0.6 is 11.3 Å². The quantitative estimate of drug-likeness (QED) is 0.654. The summed E-state index contributed by atoms with van der Waals surface area (Å²) in [4.78, 5) is 5.64. The monoisotopic (exact) mass is 256 g/mol. The zero-order chi connectivity index (χ0) is 12.3. The van der Waals surface area contributed by atoms with E-state index in [1.165, 1.54) is 23.4 Å². The molecule has 0 bridgehead atoms. The molecule has 1 rings (SSSR count). The molecule has 0 unspecified atom stereocenters. The van der Waals surface area contributed by atoms with Crippen LogP contribution in [0.4, 0.5) is 0 Å². The van der Waals surface area contributed by atoms with E-state index in [-0.39, 0.29) is 0 Å². The molecule has 17 heavy (non-hydrogen) atoms. The first kappa shape index (κ1) is 14.6. The van der Waals surface area contributed by atoms with Crippen molar-refractivity contribution < 1.29 is 4.74 Å². The zero-order valence-corrected chi connectivity index (χ0v) is 11.8. The molecule has 0 radical (unpaired) electrons. The molecule has 3 nitrogen and oxygen atoms in total. The fourth-order valence-corrected chi connectivity index (χ4v) is 2.32. The molecule has 0 spiro atoms. The Hall–Kier alpha value is -0.450. The molecule has 0 aromatic carbocycles. The Labute approximate surface area is 109 Å². The largest absolute Gasteiger partial charge is 0.381 e. The van der Waals surface area contributed by atoms with Gasteiger partial charge in [-0.25, -0.2) is 4.98 Å². The number of hydrogen-bond acceptors (Lipinski definition) is 4. The van der Waals surface area contributed by atoms with Gasteiger partial charge in [-0.15, -0.1) is 11.3 Å². The first-order chi connectivity index (χ1) is 8.34. The molecule has 0 aliphatic carbocycles. The van der Waals surface area contributed by atoms with Gasteiger partial charge in [-0.05, 0) is 32.7 Å². The van der Waals surface area contributed by atoms with Crippen LogP contribution in [0.2, 0.25) is 0 Å². The minimum atomic E-state index is 0.882. The molecular weight excluding hydrogens is 232 g/mol. The number of aryl methyl sites for hydroxylation is 1. The second-order valence-electron chi connectivity index (χ2n) is 4.18. The van der Waals surface area contributed by atoms with Crippen LogP contribution in [0.15, 0.2) is 5.51 Å². The fourth-order valence-electron chi connectivity index (χ4n) is 1.54. The Balaban J connectivity index is 1.86. The van der Waals surface area contributed by atoms with Crippen LogP contribution in [0, 0.1) is 6.92 Å². The number of aromatic nitrogens is 1. The van der Waals surface area contributed by atoms with Gasteiger partial charge in [0, 0.05) is 24.6 Å². The summed E-state index contributed by atoms with van der Waals surface area (Å²) in [6.07, 6.45) is 4.59. The molecule has 0 fully saturated rings. The number of unbranched alkanes of at least 4 members (excludes halogenated alkanes) is 1. The third-order valence-electron chi connectivity index (χ3n) is 2.66. The lowest BCUT2D eigenvalue weighted by Gasteiger charge is -2.05. The summed E-state index contributed by atoms with van der Waals surface area (Å²) in [5, 5.41) is 3.44. The van der Waals surface area contributed by atoms with Crippen molar-refractivity contribution >= 4 is 11.3 Å². The summed E-state index contributed by atoms with van der Waals surface area (Å²) >= 11 is 1.75. The van der Waals surface area contributed by atoms with E-state index >= 15 is 0 Å². The van der Waals surface area contributed by atoms with Crippen molar-refractivity contribution in [2.24, 2.45) is 0 Å². The summed E-state index contributed by atoms with van der Waals surface area (Å²) < 4.78 is 5.50. The summed E-state index contributed by atoms with van der Waals surface area (Å²) in [5.41, 5.74) is 3.10. The highest BCUT2D eigenvalue weighted by Crippen LogP contribution is 2.11. The smallest absolute Gasteiger partial charge is 0.0797 e. The Morgan fingerprint density at radius 2 is 2.12 bits per heavy atom. The van der Waals surface area contributed by atoms with Crippen LogP contribution in [-0.4, -0.2) is 31.3 Å². The third kappa shape index (κ3) is 6.76. The first-order valence-electron chi connectivity index (χ1n) is 6.52. The molecule has 1 aromatic heterocycles. The predicted octanol–water partition coefficient (Wildman–Crippen LogP) is 2.79. The number of rotatable bonds is 10. The van der Waals surface area contributed by atoms with Crippen molar-refractivity contribution in [1.82, 2.24) is 10.3 Å². The summed E-state index contributed by atoms with van der Waals surface area (Å²) in [6.45, 7) is 8.14. The molecule has 1 aromatic rings. The van der Waals surface area contributed by atoms with E-state index in [1.807, 2.05) is 5.51 Å². The predicted molar refractivity (Wildman–Crippen MR) is 73.8 cm³/mol. The van der Waals surface area contributed by atoms with Gasteiger partial charge in [-0.1, -0.05) is 13.3 Å². The second kappa shape index (κ2) is 9.57. The Morgan fingerprint density at radius 3 is 2.82 bits per heavy atom. The maximum absolute atomic E-state index is 5.50. The van der Waals surface area contributed by atoms with Crippen molar-refractivity contribution in [2.75, 3.05) is 26.3 Å². The third-order valence-corrected chi connectivity index (χ3v) is 3.65. The van der Waals surface area contributed by atoms with Crippen molar-refractivity contribution in [3.8, 4) is 0 Å². The van der Waals surface area contributed by atoms with Crippen LogP contribution in [0.5, 0.6) is 0 Å². The van der Waals surface area contributed by atoms with E-state index in [2.05, 4.69) is 24.1 Å². The van der Waals surface area contributed by atoms with E-state index in [9.17, 15) is 0 Å². The minimum absolute atomic E-state index is 0.882. The summed E-state index contributed by atoms with van der Waals surface area (Å²) in [7, 11) is 0. The van der Waals surface area contributed by atoms with Gasteiger partial charge in [0.25, 0.3) is 0 Å². The van der Waals surface area contributed by atoms with Gasteiger partial charge >= 0.3 is 0 Å². The van der Waals surface area contributed by atoms with Gasteiger partial charge in [0.1, 0.15) is 0 Å². The van der Waals surface area contributed by atoms with E-state index < -0.39 is 0 Å². The summed E-state index contributed by atoms with van der Waals surface area (Å²) in [5.74, 6) is 0. The molecule has 98 valence electrons. The number of nitrogens with zero attached hydrogens (tertiary/aromatic N) is 1. The SMILES string of the molecule is CCCCOCCCNCCc1scnc1C. The lowest BCUT2D eigenvalue weighted by molar-refractivity contribution is 0.129. The topological polar surface area (TPSA) is 34.1 Å². The van der Waals surface area contributed by atoms with Gasteiger partial charge in [-0.2, -0.15) is 0 Å². The summed E-state index contributed by atoms with van der Waals surface area (Å²) in [6, 6.07) is 0. The molecule has 4 heteroatoms. The van der Waals surface area contributed by atoms with Crippen molar-refractivity contribution in [1.29, 1.82) is 0 Å². The second-order valence-corrected chi connectivity index (χ2v) is 5.12. The van der Waals surface area contributed by atoms with Gasteiger partial charge in [0.2, 0.25) is 0 Å². The van der Waals surface area contributed by atoms with Crippen LogP contribution in [0.1, 0.15) is 36.8 Å². The minimum Gasteiger partial charge on any atom is -0.381 e. The van der Waals surface area contributed by atoms with Crippen molar-refractivity contribution in [2.45, 2.75) is 39.5 Å². The highest BCUT2D eigenvalue weighted by Gasteiger charge is 1.99. The molecule has 0 saturated carbocycles. The van der Waals surface area contributed by atoms with Gasteiger partial charge < -0.3 is 10.1 Å². The maximum atomic E-state index is 5.50. The highest BCUT2D eigenvalue weighted by molar-refractivity contribution is 7.09. The number of ether oxygens (including phenoxy) is 1. The average molecular weight is 256 g/mol. The molecule has 0 amide bonds. The molecule has 1 heterocycles. The standard InChI is InChI=1S/C13H24N2OS/c1-3-4-9-16-10-5-7-14-8-6-13-12(2)15-11-17-13/h11,14H,3-10H2,1-2H3. The van der Waals surface area contributed by atoms with E-state index in [0.717, 1.165) is 39.1 Å². The van der Waals surface area contributed by atoms with E-state index in [4.69, 9.17) is 4.74 Å². The molecule has 1 N–H and O–H groups in total. The fraction of sp³-hybridized carbons (Fsp3) is 0.769. The lowest BCUT2D eigenvalue weighted by Crippen LogP contribution is -2.19. The van der Waals surface area contributed by atoms with Gasteiger partial charge in [0.05, 0.1) is 11.2 Å². The molecular formula is C13H24N2OS. The van der Waals surface area contributed by atoms with Crippen molar-refractivity contribution in [3.05, 3.63) is 16.1 Å². The molecule has 0 saturated heterocycles. The highest BCUT2D eigenvalue weighted by atomic mass is 32.1. The first-order valence-corrected chi connectivity index (χ1v) is 7.40. The van der Waals surface area contributed by atoms with Crippen LogP contribution in [-0.2, 0) is 11.2 Å². The van der Waals surface area contributed by atoms with Crippen molar-refractivity contribution in [3.63, 3.8) is 0 Å². The average Bonchev–Trinajstić information content (AvgIpc) is 2.73. The number of thiazole rings is 1. The van der Waals surface area contributed by atoms with Crippen LogP contribution in [0.25, 0.3) is 0 Å². The zero-order valence-electron chi connectivity index (χ0n) is 11.0. The van der Waals surface area contributed by atoms with Crippen LogP contribution in [0.3, 0.4) is 0 Å². The lowest BCUT2D eigenvalue weighted by atomic mass is 10.3. The Kier molecular flexibility index (Phi) is 8.22. The number of hydrogen-bond donors (Lipinski definition) is 1. The molecule has 0 aliphatic heterocycles.